The van der Waals surface area contributed by atoms with Crippen molar-refractivity contribution in [2.45, 2.75) is 45.8 Å². The van der Waals surface area contributed by atoms with E-state index in [0.29, 0.717) is 42.1 Å². The Morgan fingerprint density at radius 2 is 2.16 bits per heavy atom. The van der Waals surface area contributed by atoms with Crippen LogP contribution in [0, 0.1) is 0 Å². The van der Waals surface area contributed by atoms with Crippen molar-refractivity contribution in [2.24, 2.45) is 4.99 Å². The van der Waals surface area contributed by atoms with Gasteiger partial charge in [0, 0.05) is 31.8 Å². The monoisotopic (exact) mass is 346 g/mol. The average Bonchev–Trinajstić information content (AvgIpc) is 2.96. The van der Waals surface area contributed by atoms with Gasteiger partial charge in [0.15, 0.2) is 5.58 Å². The van der Waals surface area contributed by atoms with Gasteiger partial charge in [0.05, 0.1) is 11.7 Å². The molecule has 0 radical (unpaired) electrons. The highest BCUT2D eigenvalue weighted by Crippen LogP contribution is 2.22. The van der Waals surface area contributed by atoms with Crippen molar-refractivity contribution in [3.05, 3.63) is 23.8 Å². The molecule has 0 aliphatic rings. The number of hydrogen-bond donors (Lipinski definition) is 3. The van der Waals surface area contributed by atoms with E-state index < -0.39 is 6.10 Å². The first-order valence-electron chi connectivity index (χ1n) is 8.45. The number of para-hydroxylation sites is 1. The molecular weight excluding hydrogens is 320 g/mol. The summed E-state index contributed by atoms with van der Waals surface area (Å²) >= 11 is 0. The Morgan fingerprint density at radius 1 is 1.40 bits per heavy atom. The Labute approximate surface area is 147 Å². The number of nitrogens with zero attached hydrogens (tertiary/aromatic N) is 2. The van der Waals surface area contributed by atoms with Gasteiger partial charge in [-0.2, -0.15) is 4.98 Å². The molecular formula is C18H26N4O3. The third-order valence-electron chi connectivity index (χ3n) is 3.86. The molecule has 1 heterocycles. The number of aliphatic imine (C=N–C) groups is 1. The van der Waals surface area contributed by atoms with Gasteiger partial charge in [0.1, 0.15) is 5.52 Å². The van der Waals surface area contributed by atoms with E-state index in [4.69, 9.17) is 4.42 Å². The third kappa shape index (κ3) is 5.29. The highest BCUT2D eigenvalue weighted by atomic mass is 16.4. The lowest BCUT2D eigenvalue weighted by molar-refractivity contribution is 0.0942. The lowest BCUT2D eigenvalue weighted by Crippen LogP contribution is -2.34. The smallest absolute Gasteiger partial charge is 0.295 e. The maximum absolute atomic E-state index is 12.6. The first-order chi connectivity index (χ1) is 11.9. The largest absolute Gasteiger partial charge is 0.424 e. The number of hydrogen-bond acceptors (Lipinski definition) is 6. The van der Waals surface area contributed by atoms with E-state index >= 15 is 0 Å². The Hall–Kier alpha value is -2.41. The number of nitrogens with one attached hydrogen (secondary N) is 2. The summed E-state index contributed by atoms with van der Waals surface area (Å²) in [7, 11) is 1.74. The molecule has 2 rings (SSSR count). The molecule has 0 spiro atoms. The number of carbonyl (C=O) groups excluding carboxylic acids is 1. The normalized spacial score (nSPS) is 14.4. The van der Waals surface area contributed by atoms with Crippen LogP contribution >= 0.6 is 0 Å². The van der Waals surface area contributed by atoms with E-state index in [1.165, 1.54) is 0 Å². The predicted octanol–water partition coefficient (Wildman–Crippen LogP) is 2.61. The fourth-order valence-corrected chi connectivity index (χ4v) is 2.48. The second-order valence-electron chi connectivity index (χ2n) is 6.27. The minimum Gasteiger partial charge on any atom is -0.424 e. The van der Waals surface area contributed by atoms with Crippen molar-refractivity contribution in [2.75, 3.05) is 18.9 Å². The molecule has 7 heteroatoms. The number of aliphatic hydroxyl groups excluding tert-OH is 1. The fraction of sp³-hybridized carbons (Fsp3) is 0.500. The van der Waals surface area contributed by atoms with Gasteiger partial charge in [0.25, 0.3) is 11.9 Å². The summed E-state index contributed by atoms with van der Waals surface area (Å²) in [6, 6.07) is 5.59. The number of benzene rings is 1. The number of carbonyl (C=O) groups is 1. The predicted molar refractivity (Wildman–Crippen MR) is 99.4 cm³/mol. The quantitative estimate of drug-likeness (QED) is 0.638. The molecule has 0 aliphatic heterocycles. The van der Waals surface area contributed by atoms with Crippen molar-refractivity contribution in [3.63, 3.8) is 0 Å². The van der Waals surface area contributed by atoms with Crippen molar-refractivity contribution in [1.82, 2.24) is 10.3 Å². The summed E-state index contributed by atoms with van der Waals surface area (Å²) < 4.78 is 5.62. The number of aromatic nitrogens is 1. The maximum atomic E-state index is 12.6. The van der Waals surface area contributed by atoms with Crippen LogP contribution in [0.1, 0.15) is 44.0 Å². The van der Waals surface area contributed by atoms with Gasteiger partial charge in [-0.3, -0.25) is 9.79 Å². The second-order valence-corrected chi connectivity index (χ2v) is 6.27. The molecule has 0 bridgehead atoms. The molecule has 2 aromatic rings. The summed E-state index contributed by atoms with van der Waals surface area (Å²) in [5.41, 5.74) is 2.53. The molecule has 7 nitrogen and oxygen atoms in total. The van der Waals surface area contributed by atoms with Gasteiger partial charge in [-0.05, 0) is 39.3 Å². The SMILES string of the molecule is CN=C(C)CC(C)NC(=O)c1cccc2oc(NCCC(C)O)nc12. The van der Waals surface area contributed by atoms with Gasteiger partial charge in [0.2, 0.25) is 0 Å². The standard InChI is InChI=1S/C18H26N4O3/c1-11(19-4)10-12(2)21-17(24)14-6-5-7-15-16(14)22-18(25-15)20-9-8-13(3)23/h5-7,12-13,23H,8-10H2,1-4H3,(H,20,22)(H,21,24). The minimum absolute atomic E-state index is 0.0259. The lowest BCUT2D eigenvalue weighted by Gasteiger charge is -2.13. The third-order valence-corrected chi connectivity index (χ3v) is 3.86. The molecule has 0 saturated carbocycles. The molecule has 2 unspecified atom stereocenters. The molecule has 0 fully saturated rings. The molecule has 2 atom stereocenters. The summed E-state index contributed by atoms with van der Waals surface area (Å²) in [6.45, 7) is 6.14. The van der Waals surface area contributed by atoms with E-state index in [1.807, 2.05) is 13.8 Å². The number of aliphatic hydroxyl groups is 1. The Balaban J connectivity index is 2.12. The van der Waals surface area contributed by atoms with Crippen molar-refractivity contribution < 1.29 is 14.3 Å². The van der Waals surface area contributed by atoms with Gasteiger partial charge in [-0.25, -0.2) is 0 Å². The van der Waals surface area contributed by atoms with E-state index in [1.54, 1.807) is 32.2 Å². The number of oxazole rings is 1. The summed E-state index contributed by atoms with van der Waals surface area (Å²) in [4.78, 5) is 21.1. The molecule has 1 amide bonds. The van der Waals surface area contributed by atoms with E-state index in [2.05, 4.69) is 20.6 Å². The molecule has 1 aromatic carbocycles. The van der Waals surface area contributed by atoms with Crippen LogP contribution in [0.3, 0.4) is 0 Å². The first-order valence-corrected chi connectivity index (χ1v) is 8.45. The van der Waals surface area contributed by atoms with Gasteiger partial charge in [-0.1, -0.05) is 6.07 Å². The molecule has 136 valence electrons. The van der Waals surface area contributed by atoms with Crippen LogP contribution in [-0.4, -0.2) is 47.4 Å². The molecule has 3 N–H and O–H groups in total. The lowest BCUT2D eigenvalue weighted by atomic mass is 10.1. The average molecular weight is 346 g/mol. The summed E-state index contributed by atoms with van der Waals surface area (Å²) in [5.74, 6) is -0.189. The number of fused-ring (bicyclic) bond motifs is 1. The van der Waals surface area contributed by atoms with Crippen molar-refractivity contribution >= 4 is 28.7 Å². The molecule has 0 saturated heterocycles. The molecule has 1 aromatic heterocycles. The van der Waals surface area contributed by atoms with Gasteiger partial charge in [-0.15, -0.1) is 0 Å². The van der Waals surface area contributed by atoms with Crippen LogP contribution in [0.2, 0.25) is 0 Å². The van der Waals surface area contributed by atoms with Crippen LogP contribution in [0.25, 0.3) is 11.1 Å². The van der Waals surface area contributed by atoms with E-state index in [9.17, 15) is 9.90 Å². The zero-order chi connectivity index (χ0) is 18.4. The van der Waals surface area contributed by atoms with Gasteiger partial charge < -0.3 is 20.2 Å². The Bertz CT molecular complexity index is 752. The second kappa shape index (κ2) is 8.62. The van der Waals surface area contributed by atoms with Crippen LogP contribution in [-0.2, 0) is 0 Å². The van der Waals surface area contributed by atoms with Crippen LogP contribution < -0.4 is 10.6 Å². The maximum Gasteiger partial charge on any atom is 0.295 e. The topological polar surface area (TPSA) is 99.8 Å². The fourth-order valence-electron chi connectivity index (χ4n) is 2.48. The van der Waals surface area contributed by atoms with E-state index in [0.717, 1.165) is 5.71 Å². The van der Waals surface area contributed by atoms with Gasteiger partial charge >= 0.3 is 0 Å². The highest BCUT2D eigenvalue weighted by Gasteiger charge is 2.17. The van der Waals surface area contributed by atoms with Crippen LogP contribution in [0.15, 0.2) is 27.6 Å². The summed E-state index contributed by atoms with van der Waals surface area (Å²) in [6.07, 6.45) is 0.889. The Morgan fingerprint density at radius 3 is 2.84 bits per heavy atom. The Kier molecular flexibility index (Phi) is 6.52. The van der Waals surface area contributed by atoms with Crippen molar-refractivity contribution in [3.8, 4) is 0 Å². The number of rotatable bonds is 8. The van der Waals surface area contributed by atoms with Crippen LogP contribution in [0.5, 0.6) is 0 Å². The number of anilines is 1. The van der Waals surface area contributed by atoms with Crippen LogP contribution in [0.4, 0.5) is 6.01 Å². The number of amides is 1. The zero-order valence-electron chi connectivity index (χ0n) is 15.2. The van der Waals surface area contributed by atoms with E-state index in [-0.39, 0.29) is 11.9 Å². The van der Waals surface area contributed by atoms with Crippen molar-refractivity contribution in [1.29, 1.82) is 0 Å². The molecule has 25 heavy (non-hydrogen) atoms. The minimum atomic E-state index is -0.394. The first kappa shape index (κ1) is 18.9. The highest BCUT2D eigenvalue weighted by molar-refractivity contribution is 6.05. The summed E-state index contributed by atoms with van der Waals surface area (Å²) in [5, 5.41) is 15.3. The molecule has 0 aliphatic carbocycles. The zero-order valence-corrected chi connectivity index (χ0v) is 15.2.